The average Bonchev–Trinajstić information content (AvgIpc) is 2.52. The zero-order valence-corrected chi connectivity index (χ0v) is 14.8. The third-order valence-electron chi connectivity index (χ3n) is 3.83. The number of anilines is 1. The van der Waals surface area contributed by atoms with Gasteiger partial charge in [0, 0.05) is 13.6 Å². The minimum Gasteiger partial charge on any atom is -0.406 e. The molecule has 7 heteroatoms. The van der Waals surface area contributed by atoms with Crippen molar-refractivity contribution in [2.24, 2.45) is 5.92 Å². The molecule has 25 heavy (non-hydrogen) atoms. The molecule has 0 amide bonds. The SMILES string of the molecule is CC(CCN(C)c1ccc(Cl)nc1)Cc1cccc(OC(F)(F)F)c1. The van der Waals surface area contributed by atoms with Gasteiger partial charge in [-0.25, -0.2) is 4.98 Å². The summed E-state index contributed by atoms with van der Waals surface area (Å²) in [6, 6.07) is 9.78. The van der Waals surface area contributed by atoms with Crippen LogP contribution in [0, 0.1) is 5.92 Å². The van der Waals surface area contributed by atoms with Gasteiger partial charge in [-0.05, 0) is 48.6 Å². The highest BCUT2D eigenvalue weighted by Crippen LogP contribution is 2.25. The second kappa shape index (κ2) is 8.43. The Balaban J connectivity index is 1.86. The molecule has 1 aromatic carbocycles. The zero-order valence-electron chi connectivity index (χ0n) is 14.1. The summed E-state index contributed by atoms with van der Waals surface area (Å²) in [5, 5.41) is 0.450. The summed E-state index contributed by atoms with van der Waals surface area (Å²) in [5.41, 5.74) is 1.79. The maximum Gasteiger partial charge on any atom is 0.573 e. The van der Waals surface area contributed by atoms with Crippen molar-refractivity contribution in [3.05, 3.63) is 53.3 Å². The Kier molecular flexibility index (Phi) is 6.53. The van der Waals surface area contributed by atoms with Crippen LogP contribution in [0.5, 0.6) is 5.75 Å². The van der Waals surface area contributed by atoms with Crippen molar-refractivity contribution < 1.29 is 17.9 Å². The number of pyridine rings is 1. The van der Waals surface area contributed by atoms with E-state index in [1.54, 1.807) is 18.3 Å². The first-order valence-electron chi connectivity index (χ1n) is 7.90. The third-order valence-corrected chi connectivity index (χ3v) is 4.05. The molecule has 1 heterocycles. The predicted octanol–water partition coefficient (Wildman–Crippen LogP) is 5.34. The molecular formula is C18H20ClF3N2O. The quantitative estimate of drug-likeness (QED) is 0.613. The van der Waals surface area contributed by atoms with E-state index in [4.69, 9.17) is 11.6 Å². The first kappa shape index (κ1) is 19.4. The van der Waals surface area contributed by atoms with E-state index in [-0.39, 0.29) is 5.75 Å². The molecule has 1 aromatic heterocycles. The number of rotatable bonds is 7. The molecule has 0 aliphatic carbocycles. The van der Waals surface area contributed by atoms with Crippen LogP contribution in [0.15, 0.2) is 42.6 Å². The molecule has 2 rings (SSSR count). The van der Waals surface area contributed by atoms with E-state index in [0.29, 0.717) is 17.5 Å². The summed E-state index contributed by atoms with van der Waals surface area (Å²) >= 11 is 5.78. The summed E-state index contributed by atoms with van der Waals surface area (Å²) in [6.45, 7) is 2.88. The minimum absolute atomic E-state index is 0.179. The van der Waals surface area contributed by atoms with Crippen molar-refractivity contribution in [2.45, 2.75) is 26.1 Å². The number of halogens is 4. The van der Waals surface area contributed by atoms with Crippen molar-refractivity contribution in [2.75, 3.05) is 18.5 Å². The van der Waals surface area contributed by atoms with Crippen LogP contribution in [0.3, 0.4) is 0 Å². The average molecular weight is 373 g/mol. The summed E-state index contributed by atoms with van der Waals surface area (Å²) in [7, 11) is 1.97. The lowest BCUT2D eigenvalue weighted by Gasteiger charge is -2.21. The summed E-state index contributed by atoms with van der Waals surface area (Å²) < 4.78 is 40.8. The molecule has 0 saturated carbocycles. The maximum atomic E-state index is 12.3. The lowest BCUT2D eigenvalue weighted by Crippen LogP contribution is -2.21. The molecule has 0 fully saturated rings. The highest BCUT2D eigenvalue weighted by molar-refractivity contribution is 6.29. The van der Waals surface area contributed by atoms with Crippen molar-refractivity contribution in [1.29, 1.82) is 0 Å². The first-order chi connectivity index (χ1) is 11.7. The minimum atomic E-state index is -4.67. The van der Waals surface area contributed by atoms with E-state index in [0.717, 1.165) is 24.2 Å². The Hall–Kier alpha value is -1.95. The largest absolute Gasteiger partial charge is 0.573 e. The number of alkyl halides is 3. The summed E-state index contributed by atoms with van der Waals surface area (Å²) in [4.78, 5) is 6.12. The van der Waals surface area contributed by atoms with Gasteiger partial charge in [0.05, 0.1) is 11.9 Å². The van der Waals surface area contributed by atoms with Gasteiger partial charge in [-0.3, -0.25) is 0 Å². The lowest BCUT2D eigenvalue weighted by atomic mass is 9.98. The molecule has 3 nitrogen and oxygen atoms in total. The molecule has 2 aromatic rings. The molecule has 0 N–H and O–H groups in total. The molecule has 0 spiro atoms. The maximum absolute atomic E-state index is 12.3. The van der Waals surface area contributed by atoms with Crippen LogP contribution in [-0.4, -0.2) is 24.9 Å². The number of hydrogen-bond donors (Lipinski definition) is 0. The molecule has 1 unspecified atom stereocenters. The van der Waals surface area contributed by atoms with Gasteiger partial charge in [-0.1, -0.05) is 30.7 Å². The molecule has 0 aliphatic rings. The third kappa shape index (κ3) is 6.82. The zero-order chi connectivity index (χ0) is 18.4. The van der Waals surface area contributed by atoms with Gasteiger partial charge < -0.3 is 9.64 Å². The van der Waals surface area contributed by atoms with Crippen LogP contribution in [0.1, 0.15) is 18.9 Å². The van der Waals surface area contributed by atoms with Crippen molar-refractivity contribution in [3.63, 3.8) is 0 Å². The van der Waals surface area contributed by atoms with E-state index in [1.807, 2.05) is 19.2 Å². The Morgan fingerprint density at radius 2 is 2.00 bits per heavy atom. The highest BCUT2D eigenvalue weighted by atomic mass is 35.5. The fourth-order valence-electron chi connectivity index (χ4n) is 2.51. The van der Waals surface area contributed by atoms with Gasteiger partial charge in [-0.15, -0.1) is 13.2 Å². The van der Waals surface area contributed by atoms with Crippen molar-refractivity contribution in [1.82, 2.24) is 4.98 Å². The molecule has 1 atom stereocenters. The predicted molar refractivity (Wildman–Crippen MR) is 93.1 cm³/mol. The van der Waals surface area contributed by atoms with Crippen molar-refractivity contribution in [3.8, 4) is 5.75 Å². The number of hydrogen-bond acceptors (Lipinski definition) is 3. The second-order valence-electron chi connectivity index (χ2n) is 6.05. The summed E-state index contributed by atoms with van der Waals surface area (Å²) in [5.74, 6) is 0.130. The monoisotopic (exact) mass is 372 g/mol. The Morgan fingerprint density at radius 1 is 1.24 bits per heavy atom. The van der Waals surface area contributed by atoms with E-state index >= 15 is 0 Å². The van der Waals surface area contributed by atoms with E-state index in [9.17, 15) is 13.2 Å². The first-order valence-corrected chi connectivity index (χ1v) is 8.28. The number of aromatic nitrogens is 1. The van der Waals surface area contributed by atoms with Gasteiger partial charge >= 0.3 is 6.36 Å². The van der Waals surface area contributed by atoms with E-state index in [2.05, 4.69) is 21.5 Å². The normalized spacial score (nSPS) is 12.7. The second-order valence-corrected chi connectivity index (χ2v) is 6.44. The molecule has 136 valence electrons. The van der Waals surface area contributed by atoms with Gasteiger partial charge in [0.25, 0.3) is 0 Å². The van der Waals surface area contributed by atoms with Crippen molar-refractivity contribution >= 4 is 17.3 Å². The fraction of sp³-hybridized carbons (Fsp3) is 0.389. The van der Waals surface area contributed by atoms with Crippen LogP contribution in [0.25, 0.3) is 0 Å². The van der Waals surface area contributed by atoms with Gasteiger partial charge in [0.1, 0.15) is 10.9 Å². The molecule has 0 saturated heterocycles. The smallest absolute Gasteiger partial charge is 0.406 e. The van der Waals surface area contributed by atoms with Gasteiger partial charge in [0.15, 0.2) is 0 Å². The van der Waals surface area contributed by atoms with Gasteiger partial charge in [0.2, 0.25) is 0 Å². The lowest BCUT2D eigenvalue weighted by molar-refractivity contribution is -0.274. The number of nitrogens with zero attached hydrogens (tertiary/aromatic N) is 2. The van der Waals surface area contributed by atoms with Gasteiger partial charge in [-0.2, -0.15) is 0 Å². The summed E-state index contributed by atoms with van der Waals surface area (Å²) in [6.07, 6.45) is -1.38. The number of ether oxygens (including phenoxy) is 1. The number of benzene rings is 1. The Labute approximate surface area is 150 Å². The molecular weight excluding hydrogens is 353 g/mol. The van der Waals surface area contributed by atoms with Crippen LogP contribution in [0.2, 0.25) is 5.15 Å². The molecule has 0 radical (unpaired) electrons. The topological polar surface area (TPSA) is 25.4 Å². The highest BCUT2D eigenvalue weighted by Gasteiger charge is 2.31. The van der Waals surface area contributed by atoms with Crippen LogP contribution in [-0.2, 0) is 6.42 Å². The fourth-order valence-corrected chi connectivity index (χ4v) is 2.62. The van der Waals surface area contributed by atoms with Crippen LogP contribution in [0.4, 0.5) is 18.9 Å². The standard InChI is InChI=1S/C18H20ClF3N2O/c1-13(8-9-24(2)15-6-7-17(19)23-12-15)10-14-4-3-5-16(11-14)25-18(20,21)22/h3-7,11-13H,8-10H2,1-2H3. The molecule has 0 bridgehead atoms. The Bertz CT molecular complexity index is 677. The van der Waals surface area contributed by atoms with Crippen LogP contribution < -0.4 is 9.64 Å². The van der Waals surface area contributed by atoms with E-state index < -0.39 is 6.36 Å². The van der Waals surface area contributed by atoms with Crippen LogP contribution >= 0.6 is 11.6 Å². The Morgan fingerprint density at radius 3 is 2.64 bits per heavy atom. The molecule has 0 aliphatic heterocycles. The van der Waals surface area contributed by atoms with E-state index in [1.165, 1.54) is 12.1 Å².